The second kappa shape index (κ2) is 9.01. The maximum atomic E-state index is 13.0. The van der Waals surface area contributed by atoms with Gasteiger partial charge in [0.15, 0.2) is 9.84 Å². The maximum Gasteiger partial charge on any atom is 0.237 e. The van der Waals surface area contributed by atoms with Crippen molar-refractivity contribution >= 4 is 33.2 Å². The number of carbonyl (C=O) groups excluding carboxylic acids is 1. The molecule has 0 spiro atoms. The lowest BCUT2D eigenvalue weighted by molar-refractivity contribution is -0.116. The first-order valence-electron chi connectivity index (χ1n) is 9.18. The molecule has 1 amide bonds. The van der Waals surface area contributed by atoms with Gasteiger partial charge in [-0.15, -0.1) is 11.8 Å². The number of amides is 1. The quantitative estimate of drug-likeness (QED) is 0.688. The minimum absolute atomic E-state index is 0.0317. The van der Waals surface area contributed by atoms with Crippen molar-refractivity contribution in [1.29, 1.82) is 0 Å². The molecule has 1 atom stereocenters. The highest BCUT2D eigenvalue weighted by atomic mass is 32.2. The third-order valence-electron chi connectivity index (χ3n) is 4.80. The molecule has 0 bridgehead atoms. The van der Waals surface area contributed by atoms with Crippen LogP contribution in [-0.2, 0) is 20.4 Å². The van der Waals surface area contributed by atoms with Crippen LogP contribution < -0.4 is 9.64 Å². The Morgan fingerprint density at radius 1 is 1.21 bits per heavy atom. The smallest absolute Gasteiger partial charge is 0.237 e. The van der Waals surface area contributed by atoms with Crippen molar-refractivity contribution in [2.75, 3.05) is 29.3 Å². The first-order chi connectivity index (χ1) is 13.4. The summed E-state index contributed by atoms with van der Waals surface area (Å²) in [5.74, 6) is 1.86. The Balaban J connectivity index is 1.71. The van der Waals surface area contributed by atoms with Crippen LogP contribution in [-0.4, -0.2) is 44.7 Å². The van der Waals surface area contributed by atoms with E-state index in [0.717, 1.165) is 22.6 Å². The molecule has 1 heterocycles. The molecule has 2 aromatic carbocycles. The summed E-state index contributed by atoms with van der Waals surface area (Å²) < 4.78 is 29.3. The van der Waals surface area contributed by atoms with Crippen LogP contribution in [0.3, 0.4) is 0 Å². The van der Waals surface area contributed by atoms with Crippen molar-refractivity contribution in [1.82, 2.24) is 0 Å². The Labute approximate surface area is 171 Å². The van der Waals surface area contributed by atoms with Gasteiger partial charge in [0.05, 0.1) is 30.4 Å². The predicted octanol–water partition coefficient (Wildman–Crippen LogP) is 3.46. The number of methoxy groups -OCH3 is 1. The predicted molar refractivity (Wildman–Crippen MR) is 115 cm³/mol. The molecule has 3 rings (SSSR count). The topological polar surface area (TPSA) is 63.7 Å². The first kappa shape index (κ1) is 20.7. The molecule has 0 radical (unpaired) electrons. The molecule has 1 aliphatic heterocycles. The largest absolute Gasteiger partial charge is 0.496 e. The van der Waals surface area contributed by atoms with Crippen LogP contribution in [0.5, 0.6) is 5.75 Å². The standard InChI is InChI=1S/C21H25NO4S2/c1-16-8-9-20(26-2)17(12-16)13-27-14-21(23)22(18-6-4-3-5-7-18)19-10-11-28(24,25)15-19/h3-9,12,19H,10-11,13-15H2,1-2H3/t19-/m1/s1. The molecule has 28 heavy (non-hydrogen) atoms. The van der Waals surface area contributed by atoms with E-state index in [4.69, 9.17) is 4.74 Å². The zero-order chi connectivity index (χ0) is 20.1. The van der Waals surface area contributed by atoms with Crippen LogP contribution in [0, 0.1) is 6.92 Å². The van der Waals surface area contributed by atoms with E-state index in [1.807, 2.05) is 49.4 Å². The Morgan fingerprint density at radius 3 is 2.61 bits per heavy atom. The lowest BCUT2D eigenvalue weighted by Gasteiger charge is -2.28. The van der Waals surface area contributed by atoms with E-state index in [1.54, 1.807) is 12.0 Å². The van der Waals surface area contributed by atoms with E-state index in [0.29, 0.717) is 12.2 Å². The first-order valence-corrected chi connectivity index (χ1v) is 12.2. The van der Waals surface area contributed by atoms with Crippen LogP contribution in [0.1, 0.15) is 17.5 Å². The van der Waals surface area contributed by atoms with E-state index in [-0.39, 0.29) is 29.2 Å². The number of thioether (sulfide) groups is 1. The molecule has 0 N–H and O–H groups in total. The fraction of sp³-hybridized carbons (Fsp3) is 0.381. The third-order valence-corrected chi connectivity index (χ3v) is 7.51. The van der Waals surface area contributed by atoms with Gasteiger partial charge in [-0.3, -0.25) is 4.79 Å². The summed E-state index contributed by atoms with van der Waals surface area (Å²) in [6.07, 6.45) is 0.485. The normalized spacial score (nSPS) is 18.0. The van der Waals surface area contributed by atoms with Crippen LogP contribution in [0.15, 0.2) is 48.5 Å². The summed E-state index contributed by atoms with van der Waals surface area (Å²) in [7, 11) is -1.44. The average molecular weight is 420 g/mol. The van der Waals surface area contributed by atoms with E-state index < -0.39 is 9.84 Å². The summed E-state index contributed by atoms with van der Waals surface area (Å²) in [4.78, 5) is 14.7. The van der Waals surface area contributed by atoms with Gasteiger partial charge in [-0.2, -0.15) is 0 Å². The Hall–Kier alpha value is -1.99. The number of nitrogens with zero attached hydrogens (tertiary/aromatic N) is 1. The summed E-state index contributed by atoms with van der Waals surface area (Å²) in [6, 6.07) is 15.0. The van der Waals surface area contributed by atoms with Crippen molar-refractivity contribution in [3.8, 4) is 5.75 Å². The fourth-order valence-corrected chi connectivity index (χ4v) is 6.03. The molecule has 0 saturated carbocycles. The van der Waals surface area contributed by atoms with Crippen LogP contribution in [0.4, 0.5) is 5.69 Å². The molecule has 1 aliphatic rings. The summed E-state index contributed by atoms with van der Waals surface area (Å²) in [5.41, 5.74) is 2.95. The molecule has 7 heteroatoms. The number of aryl methyl sites for hydroxylation is 1. The highest BCUT2D eigenvalue weighted by Crippen LogP contribution is 2.28. The zero-order valence-electron chi connectivity index (χ0n) is 16.1. The number of carbonyl (C=O) groups is 1. The third kappa shape index (κ3) is 5.08. The lowest BCUT2D eigenvalue weighted by atomic mass is 10.1. The maximum absolute atomic E-state index is 13.0. The summed E-state index contributed by atoms with van der Waals surface area (Å²) in [6.45, 7) is 2.02. The molecular formula is C21H25NO4S2. The fourth-order valence-electron chi connectivity index (χ4n) is 3.46. The number of rotatable bonds is 7. The van der Waals surface area contributed by atoms with Gasteiger partial charge >= 0.3 is 0 Å². The minimum atomic E-state index is -3.08. The number of sulfone groups is 1. The Bertz CT molecular complexity index is 929. The molecular weight excluding hydrogens is 394 g/mol. The van der Waals surface area contributed by atoms with Gasteiger partial charge in [0, 0.05) is 17.0 Å². The van der Waals surface area contributed by atoms with Crippen LogP contribution >= 0.6 is 11.8 Å². The Kier molecular flexibility index (Phi) is 6.67. The van der Waals surface area contributed by atoms with Crippen LogP contribution in [0.25, 0.3) is 0 Å². The van der Waals surface area contributed by atoms with Crippen molar-refractivity contribution < 1.29 is 17.9 Å². The van der Waals surface area contributed by atoms with Gasteiger partial charge in [0.25, 0.3) is 0 Å². The number of para-hydroxylation sites is 1. The molecule has 1 fully saturated rings. The number of anilines is 1. The van der Waals surface area contributed by atoms with Crippen molar-refractivity contribution in [2.24, 2.45) is 0 Å². The van der Waals surface area contributed by atoms with Crippen molar-refractivity contribution in [3.63, 3.8) is 0 Å². The molecule has 2 aromatic rings. The van der Waals surface area contributed by atoms with Gasteiger partial charge < -0.3 is 9.64 Å². The molecule has 0 aromatic heterocycles. The van der Waals surface area contributed by atoms with E-state index in [2.05, 4.69) is 6.07 Å². The molecule has 150 valence electrons. The monoisotopic (exact) mass is 419 g/mol. The highest BCUT2D eigenvalue weighted by molar-refractivity contribution is 7.99. The number of hydrogen-bond acceptors (Lipinski definition) is 5. The van der Waals surface area contributed by atoms with Gasteiger partial charge in [0.1, 0.15) is 5.75 Å². The number of hydrogen-bond donors (Lipinski definition) is 0. The highest BCUT2D eigenvalue weighted by Gasteiger charge is 2.35. The van der Waals surface area contributed by atoms with Gasteiger partial charge in [0.2, 0.25) is 5.91 Å². The van der Waals surface area contributed by atoms with Crippen molar-refractivity contribution in [2.45, 2.75) is 25.1 Å². The van der Waals surface area contributed by atoms with E-state index in [1.165, 1.54) is 11.8 Å². The Morgan fingerprint density at radius 2 is 1.96 bits per heavy atom. The minimum Gasteiger partial charge on any atom is -0.496 e. The number of ether oxygens (including phenoxy) is 1. The summed E-state index contributed by atoms with van der Waals surface area (Å²) in [5, 5.41) is 0. The molecule has 0 unspecified atom stereocenters. The SMILES string of the molecule is COc1ccc(C)cc1CSCC(=O)N(c1ccccc1)[C@@H]1CCS(=O)(=O)C1. The van der Waals surface area contributed by atoms with E-state index in [9.17, 15) is 13.2 Å². The molecule has 0 aliphatic carbocycles. The van der Waals surface area contributed by atoms with Gasteiger partial charge in [-0.1, -0.05) is 35.9 Å². The second-order valence-corrected chi connectivity index (χ2v) is 10.2. The lowest BCUT2D eigenvalue weighted by Crippen LogP contribution is -2.42. The van der Waals surface area contributed by atoms with Gasteiger partial charge in [-0.05, 0) is 31.5 Å². The molecule has 5 nitrogen and oxygen atoms in total. The second-order valence-electron chi connectivity index (χ2n) is 6.96. The van der Waals surface area contributed by atoms with E-state index >= 15 is 0 Å². The molecule has 1 saturated heterocycles. The van der Waals surface area contributed by atoms with Crippen molar-refractivity contribution in [3.05, 3.63) is 59.7 Å². The van der Waals surface area contributed by atoms with Gasteiger partial charge in [-0.25, -0.2) is 8.42 Å². The zero-order valence-corrected chi connectivity index (χ0v) is 17.8. The summed E-state index contributed by atoms with van der Waals surface area (Å²) >= 11 is 1.51. The average Bonchev–Trinajstić information content (AvgIpc) is 3.02. The van der Waals surface area contributed by atoms with Crippen LogP contribution in [0.2, 0.25) is 0 Å². The number of benzene rings is 2.